The summed E-state index contributed by atoms with van der Waals surface area (Å²) in [5.74, 6) is -0.757. The van der Waals surface area contributed by atoms with Gasteiger partial charge in [0.2, 0.25) is 11.8 Å². The highest BCUT2D eigenvalue weighted by atomic mass is 32.2. The Labute approximate surface area is 185 Å². The van der Waals surface area contributed by atoms with E-state index in [9.17, 15) is 19.7 Å². The number of hydrogen-bond donors (Lipinski definition) is 1. The fourth-order valence-electron chi connectivity index (χ4n) is 2.59. The Morgan fingerprint density at radius 3 is 2.81 bits per heavy atom. The first-order valence-corrected chi connectivity index (χ1v) is 10.9. The number of carbonyl (C=O) groups excluding carboxylic acids is 2. The number of anilines is 1. The molecule has 0 bridgehead atoms. The van der Waals surface area contributed by atoms with Gasteiger partial charge in [-0.25, -0.2) is 4.79 Å². The molecule has 1 N–H and O–H groups in total. The number of thioether (sulfide) groups is 1. The lowest BCUT2D eigenvalue weighted by Gasteiger charge is -2.06. The van der Waals surface area contributed by atoms with Crippen LogP contribution in [-0.2, 0) is 9.53 Å². The van der Waals surface area contributed by atoms with Crippen molar-refractivity contribution in [2.45, 2.75) is 26.0 Å². The molecule has 0 radical (unpaired) electrons. The average molecular weight is 463 g/mol. The summed E-state index contributed by atoms with van der Waals surface area (Å²) in [7, 11) is 0. The van der Waals surface area contributed by atoms with E-state index < -0.39 is 10.9 Å². The molecule has 0 unspecified atom stereocenters. The van der Waals surface area contributed by atoms with E-state index in [-0.39, 0.29) is 35.1 Å². The minimum Gasteiger partial charge on any atom is -0.462 e. The third kappa shape index (κ3) is 5.27. The summed E-state index contributed by atoms with van der Waals surface area (Å²) in [4.78, 5) is 35.9. The summed E-state index contributed by atoms with van der Waals surface area (Å²) < 4.78 is 10.6. The maximum absolute atomic E-state index is 12.4. The number of rotatable bonds is 8. The van der Waals surface area contributed by atoms with Gasteiger partial charge in [0.15, 0.2) is 0 Å². The van der Waals surface area contributed by atoms with E-state index >= 15 is 0 Å². The summed E-state index contributed by atoms with van der Waals surface area (Å²) in [6, 6.07) is 5.82. The molecule has 0 spiro atoms. The van der Waals surface area contributed by atoms with Gasteiger partial charge in [0.1, 0.15) is 5.00 Å². The molecule has 0 fully saturated rings. The maximum atomic E-state index is 12.4. The lowest BCUT2D eigenvalue weighted by Crippen LogP contribution is -2.16. The van der Waals surface area contributed by atoms with Crippen molar-refractivity contribution in [3.8, 4) is 11.5 Å². The first kappa shape index (κ1) is 22.4. The molecule has 31 heavy (non-hydrogen) atoms. The number of nitro groups is 1. The van der Waals surface area contributed by atoms with E-state index in [1.807, 2.05) is 6.92 Å². The molecule has 10 nitrogen and oxygen atoms in total. The van der Waals surface area contributed by atoms with Crippen LogP contribution in [0.3, 0.4) is 0 Å². The second-order valence-corrected chi connectivity index (χ2v) is 8.38. The summed E-state index contributed by atoms with van der Waals surface area (Å²) in [5, 5.41) is 21.9. The number of ether oxygens (including phenoxy) is 1. The number of aromatic nitrogens is 2. The quantitative estimate of drug-likeness (QED) is 0.225. The van der Waals surface area contributed by atoms with E-state index in [2.05, 4.69) is 15.5 Å². The predicted molar refractivity (Wildman–Crippen MR) is 115 cm³/mol. The van der Waals surface area contributed by atoms with Gasteiger partial charge in [0, 0.05) is 22.6 Å². The van der Waals surface area contributed by atoms with Crippen LogP contribution >= 0.6 is 23.1 Å². The van der Waals surface area contributed by atoms with Crippen molar-refractivity contribution in [1.82, 2.24) is 10.2 Å². The smallest absolute Gasteiger partial charge is 0.341 e. The predicted octanol–water partition coefficient (Wildman–Crippen LogP) is 4.23. The molecular weight excluding hydrogens is 444 g/mol. The maximum Gasteiger partial charge on any atom is 0.341 e. The van der Waals surface area contributed by atoms with Gasteiger partial charge < -0.3 is 14.5 Å². The Morgan fingerprint density at radius 2 is 2.10 bits per heavy atom. The standard InChI is InChI=1S/C19H18N4O6S2/c1-4-28-18(25)15-10(2)11(3)31-17(15)20-14(24)9-30-19-22-21-16(29-19)12-6-5-7-13(8-12)23(26)27/h5-8H,4,9H2,1-3H3,(H,20,24). The van der Waals surface area contributed by atoms with Crippen LogP contribution in [0.1, 0.15) is 27.7 Å². The van der Waals surface area contributed by atoms with Crippen LogP contribution in [0, 0.1) is 24.0 Å². The van der Waals surface area contributed by atoms with Gasteiger partial charge in [-0.05, 0) is 32.4 Å². The van der Waals surface area contributed by atoms with Gasteiger partial charge in [-0.15, -0.1) is 21.5 Å². The lowest BCUT2D eigenvalue weighted by molar-refractivity contribution is -0.384. The molecule has 0 saturated carbocycles. The fourth-order valence-corrected chi connectivity index (χ4v) is 4.22. The van der Waals surface area contributed by atoms with Crippen molar-refractivity contribution >= 4 is 45.7 Å². The highest BCUT2D eigenvalue weighted by Crippen LogP contribution is 2.33. The molecule has 0 aliphatic carbocycles. The average Bonchev–Trinajstić information content (AvgIpc) is 3.31. The number of nitrogens with one attached hydrogen (secondary N) is 1. The van der Waals surface area contributed by atoms with Gasteiger partial charge in [-0.3, -0.25) is 14.9 Å². The minimum atomic E-state index is -0.515. The van der Waals surface area contributed by atoms with Gasteiger partial charge in [0.05, 0.1) is 22.8 Å². The SMILES string of the molecule is CCOC(=O)c1c(NC(=O)CSc2nnc(-c3cccc([N+](=O)[O-])c3)o2)sc(C)c1C. The molecule has 1 aromatic carbocycles. The monoisotopic (exact) mass is 462 g/mol. The number of amides is 1. The molecule has 162 valence electrons. The third-order valence-electron chi connectivity index (χ3n) is 4.15. The largest absolute Gasteiger partial charge is 0.462 e. The van der Waals surface area contributed by atoms with Crippen LogP contribution in [0.15, 0.2) is 33.9 Å². The zero-order valence-corrected chi connectivity index (χ0v) is 18.5. The van der Waals surface area contributed by atoms with Crippen LogP contribution in [0.25, 0.3) is 11.5 Å². The number of hydrogen-bond acceptors (Lipinski definition) is 10. The Kier molecular flexibility index (Phi) is 7.02. The zero-order valence-electron chi connectivity index (χ0n) is 16.8. The summed E-state index contributed by atoms with van der Waals surface area (Å²) in [6.07, 6.45) is 0. The lowest BCUT2D eigenvalue weighted by atomic mass is 10.1. The molecule has 3 aromatic rings. The van der Waals surface area contributed by atoms with E-state index in [4.69, 9.17) is 9.15 Å². The Bertz CT molecular complexity index is 1140. The zero-order chi connectivity index (χ0) is 22.5. The molecule has 0 aliphatic heterocycles. The Balaban J connectivity index is 1.65. The van der Waals surface area contributed by atoms with E-state index in [0.717, 1.165) is 22.2 Å². The summed E-state index contributed by atoms with van der Waals surface area (Å²) >= 11 is 2.31. The number of thiophene rings is 1. The first-order valence-electron chi connectivity index (χ1n) is 9.08. The molecule has 0 atom stereocenters. The van der Waals surface area contributed by atoms with Gasteiger partial charge in [0.25, 0.3) is 10.9 Å². The molecule has 12 heteroatoms. The molecule has 2 heterocycles. The number of non-ortho nitro benzene ring substituents is 1. The van der Waals surface area contributed by atoms with Crippen LogP contribution in [0.5, 0.6) is 0 Å². The van der Waals surface area contributed by atoms with E-state index in [1.165, 1.54) is 29.5 Å². The molecule has 1 amide bonds. The van der Waals surface area contributed by atoms with Crippen molar-refractivity contribution in [3.05, 3.63) is 50.4 Å². The first-order chi connectivity index (χ1) is 14.8. The second kappa shape index (κ2) is 9.71. The summed E-state index contributed by atoms with van der Waals surface area (Å²) in [6.45, 7) is 5.62. The van der Waals surface area contributed by atoms with Crippen LogP contribution in [0.4, 0.5) is 10.7 Å². The number of carbonyl (C=O) groups is 2. The fraction of sp³-hybridized carbons (Fsp3) is 0.263. The number of benzene rings is 1. The number of nitro benzene ring substituents is 1. The normalized spacial score (nSPS) is 10.7. The molecule has 3 rings (SSSR count). The van der Waals surface area contributed by atoms with Crippen molar-refractivity contribution in [2.24, 2.45) is 0 Å². The number of aryl methyl sites for hydroxylation is 1. The van der Waals surface area contributed by atoms with E-state index in [0.29, 0.717) is 16.1 Å². The molecule has 2 aromatic heterocycles. The second-order valence-electron chi connectivity index (χ2n) is 6.23. The van der Waals surface area contributed by atoms with Crippen molar-refractivity contribution < 1.29 is 23.7 Å². The Morgan fingerprint density at radius 1 is 1.32 bits per heavy atom. The number of nitrogens with zero attached hydrogens (tertiary/aromatic N) is 3. The van der Waals surface area contributed by atoms with Gasteiger partial charge in [-0.2, -0.15) is 0 Å². The van der Waals surface area contributed by atoms with Crippen LogP contribution in [-0.4, -0.2) is 39.4 Å². The Hall–Kier alpha value is -3.25. The molecule has 0 aliphatic rings. The molecular formula is C19H18N4O6S2. The van der Waals surface area contributed by atoms with Crippen molar-refractivity contribution in [3.63, 3.8) is 0 Å². The summed E-state index contributed by atoms with van der Waals surface area (Å²) in [5.41, 5.74) is 1.43. The van der Waals surface area contributed by atoms with E-state index in [1.54, 1.807) is 19.9 Å². The topological polar surface area (TPSA) is 137 Å². The third-order valence-corrected chi connectivity index (χ3v) is 6.10. The molecule has 0 saturated heterocycles. The highest BCUT2D eigenvalue weighted by Gasteiger charge is 2.22. The minimum absolute atomic E-state index is 0.0329. The van der Waals surface area contributed by atoms with Gasteiger partial charge >= 0.3 is 5.97 Å². The van der Waals surface area contributed by atoms with Crippen LogP contribution in [0.2, 0.25) is 0 Å². The van der Waals surface area contributed by atoms with Crippen molar-refractivity contribution in [2.75, 3.05) is 17.7 Å². The van der Waals surface area contributed by atoms with Gasteiger partial charge in [-0.1, -0.05) is 17.8 Å². The highest BCUT2D eigenvalue weighted by molar-refractivity contribution is 7.99. The van der Waals surface area contributed by atoms with Crippen molar-refractivity contribution in [1.29, 1.82) is 0 Å². The van der Waals surface area contributed by atoms with Crippen LogP contribution < -0.4 is 5.32 Å². The number of esters is 1.